The van der Waals surface area contributed by atoms with Gasteiger partial charge in [0.2, 0.25) is 0 Å². The number of rotatable bonds is 5. The molecule has 0 spiro atoms. The lowest BCUT2D eigenvalue weighted by atomic mass is 10.1. The summed E-state index contributed by atoms with van der Waals surface area (Å²) in [7, 11) is 1.71. The third kappa shape index (κ3) is 4.66. The predicted molar refractivity (Wildman–Crippen MR) is 97.3 cm³/mol. The zero-order valence-electron chi connectivity index (χ0n) is 14.5. The smallest absolute Gasteiger partial charge is 0.427 e. The molecular weight excluding hydrogens is 391 g/mol. The molecule has 0 saturated carbocycles. The van der Waals surface area contributed by atoms with Gasteiger partial charge in [-0.1, -0.05) is 29.8 Å². The minimum atomic E-state index is -1.19. The molecule has 0 radical (unpaired) electrons. The van der Waals surface area contributed by atoms with Crippen LogP contribution >= 0.6 is 15.9 Å². The van der Waals surface area contributed by atoms with Crippen molar-refractivity contribution in [3.8, 4) is 0 Å². The Morgan fingerprint density at radius 3 is 2.60 bits per heavy atom. The second kappa shape index (κ2) is 7.77. The summed E-state index contributed by atoms with van der Waals surface area (Å²) >= 11 is 3.23. The zero-order valence-corrected chi connectivity index (χ0v) is 16.1. The highest BCUT2D eigenvalue weighted by Crippen LogP contribution is 2.20. The van der Waals surface area contributed by atoms with Crippen molar-refractivity contribution in [3.63, 3.8) is 0 Å². The van der Waals surface area contributed by atoms with Crippen molar-refractivity contribution in [2.75, 3.05) is 6.54 Å². The third-order valence-electron chi connectivity index (χ3n) is 3.41. The van der Waals surface area contributed by atoms with Crippen molar-refractivity contribution in [2.45, 2.75) is 20.8 Å². The number of nitrogens with zero attached hydrogens (tertiary/aromatic N) is 4. The molecule has 2 aromatic rings. The highest BCUT2D eigenvalue weighted by molar-refractivity contribution is 9.10. The van der Waals surface area contributed by atoms with Gasteiger partial charge in [0.1, 0.15) is 11.5 Å². The van der Waals surface area contributed by atoms with Gasteiger partial charge in [0.15, 0.2) is 0 Å². The van der Waals surface area contributed by atoms with Crippen LogP contribution in [0.2, 0.25) is 0 Å². The molecule has 1 amide bonds. The second-order valence-corrected chi connectivity index (χ2v) is 7.04. The first-order valence-corrected chi connectivity index (χ1v) is 8.53. The van der Waals surface area contributed by atoms with Gasteiger partial charge >= 0.3 is 6.09 Å². The van der Waals surface area contributed by atoms with E-state index in [-0.39, 0.29) is 23.7 Å². The molecule has 0 unspecified atom stereocenters. The number of carbonyl (C=O) groups is 1. The predicted octanol–water partition coefficient (Wildman–Crippen LogP) is 4.02. The van der Waals surface area contributed by atoms with Crippen LogP contribution in [0.3, 0.4) is 0 Å². The Balaban J connectivity index is 2.65. The number of hydrazone groups is 1. The van der Waals surface area contributed by atoms with Crippen LogP contribution in [0.15, 0.2) is 33.8 Å². The molecule has 0 aliphatic heterocycles. The number of aromatic nitrogens is 2. The van der Waals surface area contributed by atoms with Crippen molar-refractivity contribution in [1.82, 2.24) is 14.8 Å². The van der Waals surface area contributed by atoms with E-state index in [0.717, 1.165) is 10.7 Å². The molecule has 0 fully saturated rings. The minimum absolute atomic E-state index is 0.0733. The van der Waals surface area contributed by atoms with Crippen LogP contribution in [0.25, 0.3) is 0 Å². The Labute approximate surface area is 154 Å². The summed E-state index contributed by atoms with van der Waals surface area (Å²) in [5, 5.41) is 18.9. The molecule has 0 saturated heterocycles. The monoisotopic (exact) mass is 410 g/mol. The second-order valence-electron chi connectivity index (χ2n) is 6.13. The fourth-order valence-electron chi connectivity index (χ4n) is 2.39. The van der Waals surface area contributed by atoms with Crippen molar-refractivity contribution in [3.05, 3.63) is 51.5 Å². The van der Waals surface area contributed by atoms with E-state index >= 15 is 0 Å². The van der Waals surface area contributed by atoms with Crippen LogP contribution < -0.4 is 0 Å². The van der Waals surface area contributed by atoms with Gasteiger partial charge < -0.3 is 5.11 Å². The molecule has 8 heteroatoms. The van der Waals surface area contributed by atoms with Crippen molar-refractivity contribution in [1.29, 1.82) is 0 Å². The molecule has 0 aliphatic rings. The summed E-state index contributed by atoms with van der Waals surface area (Å²) < 4.78 is 16.7. The van der Waals surface area contributed by atoms with Gasteiger partial charge in [0.05, 0.1) is 17.9 Å². The topological polar surface area (TPSA) is 70.7 Å². The third-order valence-corrected chi connectivity index (χ3v) is 3.90. The number of halogens is 2. The van der Waals surface area contributed by atoms with E-state index in [9.17, 15) is 14.3 Å². The van der Waals surface area contributed by atoms with E-state index < -0.39 is 11.9 Å². The number of hydrogen-bond donors (Lipinski definition) is 1. The maximum Gasteiger partial charge on any atom is 0.427 e. The fraction of sp³-hybridized carbons (Fsp3) is 0.353. The van der Waals surface area contributed by atoms with E-state index in [2.05, 4.69) is 26.1 Å². The molecule has 25 heavy (non-hydrogen) atoms. The molecule has 1 N–H and O–H groups in total. The molecule has 1 aromatic carbocycles. The summed E-state index contributed by atoms with van der Waals surface area (Å²) in [4.78, 5) is 11.6. The standard InChI is InChI=1S/C17H20BrFN4O2/c1-10(2)9-23(17(24)25)21-16(15-7-11(3)20-22(15)4)13-6-5-12(18)8-14(13)19/h5-8,10H,9H2,1-4H3,(H,24,25). The minimum Gasteiger partial charge on any atom is -0.464 e. The van der Waals surface area contributed by atoms with Gasteiger partial charge in [-0.3, -0.25) is 4.68 Å². The van der Waals surface area contributed by atoms with E-state index in [4.69, 9.17) is 0 Å². The van der Waals surface area contributed by atoms with E-state index in [1.807, 2.05) is 20.8 Å². The lowest BCUT2D eigenvalue weighted by Gasteiger charge is -2.18. The van der Waals surface area contributed by atoms with Crippen LogP contribution in [0.1, 0.15) is 30.8 Å². The average molecular weight is 411 g/mol. The van der Waals surface area contributed by atoms with Gasteiger partial charge in [-0.15, -0.1) is 0 Å². The number of amides is 1. The lowest BCUT2D eigenvalue weighted by molar-refractivity contribution is 0.141. The largest absolute Gasteiger partial charge is 0.464 e. The van der Waals surface area contributed by atoms with E-state index in [1.54, 1.807) is 29.9 Å². The Hall–Kier alpha value is -2.22. The molecular formula is C17H20BrFN4O2. The number of carboxylic acid groups (broad SMARTS) is 1. The fourth-order valence-corrected chi connectivity index (χ4v) is 2.72. The van der Waals surface area contributed by atoms with Crippen LogP contribution in [-0.2, 0) is 7.05 Å². The number of benzene rings is 1. The SMILES string of the molecule is Cc1cc(C(=NN(CC(C)C)C(=O)O)c2ccc(Br)cc2F)n(C)n1. The number of hydrogen-bond acceptors (Lipinski definition) is 3. The Morgan fingerprint density at radius 1 is 1.44 bits per heavy atom. The van der Waals surface area contributed by atoms with Gasteiger partial charge in [-0.2, -0.15) is 15.2 Å². The van der Waals surface area contributed by atoms with Gasteiger partial charge in [-0.25, -0.2) is 9.18 Å². The van der Waals surface area contributed by atoms with Crippen LogP contribution in [0.4, 0.5) is 9.18 Å². The molecule has 134 valence electrons. The van der Waals surface area contributed by atoms with Crippen molar-refractivity contribution < 1.29 is 14.3 Å². The Morgan fingerprint density at radius 2 is 2.12 bits per heavy atom. The summed E-state index contributed by atoms with van der Waals surface area (Å²) in [5.41, 5.74) is 1.69. The first kappa shape index (κ1) is 19.1. The van der Waals surface area contributed by atoms with Crippen LogP contribution in [0, 0.1) is 18.7 Å². The summed E-state index contributed by atoms with van der Waals surface area (Å²) in [6.07, 6.45) is -1.19. The maximum absolute atomic E-state index is 14.5. The molecule has 0 atom stereocenters. The van der Waals surface area contributed by atoms with Crippen molar-refractivity contribution >= 4 is 27.7 Å². The highest BCUT2D eigenvalue weighted by Gasteiger charge is 2.21. The molecule has 1 heterocycles. The van der Waals surface area contributed by atoms with E-state index in [1.165, 1.54) is 6.07 Å². The molecule has 0 aliphatic carbocycles. The molecule has 2 rings (SSSR count). The lowest BCUT2D eigenvalue weighted by Crippen LogP contribution is -2.30. The van der Waals surface area contributed by atoms with E-state index in [0.29, 0.717) is 10.2 Å². The van der Waals surface area contributed by atoms with Gasteiger partial charge in [0, 0.05) is 17.1 Å². The molecule has 1 aromatic heterocycles. The number of aryl methyl sites for hydroxylation is 2. The van der Waals surface area contributed by atoms with Crippen molar-refractivity contribution in [2.24, 2.45) is 18.1 Å². The molecule has 6 nitrogen and oxygen atoms in total. The molecule has 0 bridgehead atoms. The van der Waals surface area contributed by atoms with Crippen LogP contribution in [0.5, 0.6) is 0 Å². The summed E-state index contributed by atoms with van der Waals surface area (Å²) in [6, 6.07) is 6.32. The Bertz CT molecular complexity index is 817. The first-order valence-electron chi connectivity index (χ1n) is 7.74. The Kier molecular flexibility index (Phi) is 5.94. The zero-order chi connectivity index (χ0) is 18.7. The summed E-state index contributed by atoms with van der Waals surface area (Å²) in [6.45, 7) is 5.79. The normalized spacial score (nSPS) is 11.9. The summed E-state index contributed by atoms with van der Waals surface area (Å²) in [5.74, 6) is -0.425. The first-order chi connectivity index (χ1) is 11.7. The maximum atomic E-state index is 14.5. The quantitative estimate of drug-likeness (QED) is 0.597. The van der Waals surface area contributed by atoms with Gasteiger partial charge in [-0.05, 0) is 37.1 Å². The van der Waals surface area contributed by atoms with Gasteiger partial charge in [0.25, 0.3) is 0 Å². The highest BCUT2D eigenvalue weighted by atomic mass is 79.9. The van der Waals surface area contributed by atoms with Crippen LogP contribution in [-0.4, -0.2) is 38.2 Å². The average Bonchev–Trinajstić information content (AvgIpc) is 2.82.